The topological polar surface area (TPSA) is 0 Å². The molecule has 0 heterocycles. The van der Waals surface area contributed by atoms with Gasteiger partial charge in [0.1, 0.15) is 0 Å². The first-order valence-corrected chi connectivity index (χ1v) is 20.0. The van der Waals surface area contributed by atoms with Crippen molar-refractivity contribution in [3.8, 4) is 0 Å². The molecule has 0 aromatic heterocycles. The van der Waals surface area contributed by atoms with Gasteiger partial charge in [0, 0.05) is 0 Å². The summed E-state index contributed by atoms with van der Waals surface area (Å²) in [5, 5.41) is 0. The lowest BCUT2D eigenvalue weighted by atomic mass is 10.0. The van der Waals surface area contributed by atoms with Gasteiger partial charge in [-0.15, -0.1) is 7.92 Å². The molecule has 0 radical (unpaired) electrons. The lowest BCUT2D eigenvalue weighted by Gasteiger charge is -2.17. The summed E-state index contributed by atoms with van der Waals surface area (Å²) in [5.41, 5.74) is 0. The van der Waals surface area contributed by atoms with Crippen LogP contribution < -0.4 is 0 Å². The van der Waals surface area contributed by atoms with Gasteiger partial charge in [-0.1, -0.05) is 194 Å². The van der Waals surface area contributed by atoms with E-state index in [9.17, 15) is 0 Å². The van der Waals surface area contributed by atoms with Gasteiger partial charge in [-0.3, -0.25) is 0 Å². The average molecular weight is 539 g/mol. The van der Waals surface area contributed by atoms with E-state index in [0.29, 0.717) is 7.92 Å². The van der Waals surface area contributed by atoms with Crippen molar-refractivity contribution in [3.63, 3.8) is 0 Å². The lowest BCUT2D eigenvalue weighted by molar-refractivity contribution is 0.538. The molecule has 0 aliphatic heterocycles. The Bertz CT molecular complexity index is 347. The van der Waals surface area contributed by atoms with Crippen LogP contribution in [0.3, 0.4) is 0 Å². The zero-order valence-corrected chi connectivity index (χ0v) is 27.7. The first-order valence-electron chi connectivity index (χ1n) is 18.1. The maximum Gasteiger partial charge on any atom is -0.0326 e. The largest absolute Gasteiger partial charge is 0.107 e. The van der Waals surface area contributed by atoms with Crippen LogP contribution in [0.5, 0.6) is 0 Å². The zero-order valence-electron chi connectivity index (χ0n) is 26.8. The highest BCUT2D eigenvalue weighted by Gasteiger charge is 2.07. The van der Waals surface area contributed by atoms with Gasteiger partial charge in [-0.25, -0.2) is 0 Å². The minimum Gasteiger partial charge on any atom is -0.107 e. The summed E-state index contributed by atoms with van der Waals surface area (Å²) in [6, 6.07) is 0. The number of hydrogen-bond donors (Lipinski definition) is 0. The van der Waals surface area contributed by atoms with Gasteiger partial charge >= 0.3 is 0 Å². The normalized spacial score (nSPS) is 11.7. The molecular weight excluding hydrogens is 463 g/mol. The number of rotatable bonds is 33. The number of unbranched alkanes of at least 4 members (excludes halogenated alkanes) is 27. The summed E-state index contributed by atoms with van der Waals surface area (Å²) >= 11 is 0. The molecule has 0 fully saturated rings. The first kappa shape index (κ1) is 37.4. The Morgan fingerprint density at radius 3 is 0.649 bits per heavy atom. The fourth-order valence-corrected chi connectivity index (χ4v) is 8.55. The standard InChI is InChI=1S/C36H75P/c1-4-7-10-12-14-16-18-20-22-24-26-28-30-32-35-37(34-9-6-3)36-33-31-29-27-25-23-21-19-17-15-13-11-8-5-2/h4-36H2,1-3H3. The van der Waals surface area contributed by atoms with E-state index in [1.807, 2.05) is 0 Å². The summed E-state index contributed by atoms with van der Waals surface area (Å²) in [4.78, 5) is 0. The van der Waals surface area contributed by atoms with Crippen LogP contribution in [0.15, 0.2) is 0 Å². The molecule has 37 heavy (non-hydrogen) atoms. The van der Waals surface area contributed by atoms with Crippen LogP contribution in [0.2, 0.25) is 0 Å². The third-order valence-corrected chi connectivity index (χ3v) is 11.3. The molecule has 0 N–H and O–H groups in total. The Morgan fingerprint density at radius 2 is 0.405 bits per heavy atom. The molecule has 0 saturated carbocycles. The van der Waals surface area contributed by atoms with Gasteiger partial charge in [0.05, 0.1) is 0 Å². The Kier molecular flexibility index (Phi) is 34.9. The molecule has 0 saturated heterocycles. The van der Waals surface area contributed by atoms with Crippen LogP contribution in [0.4, 0.5) is 0 Å². The molecule has 0 aliphatic carbocycles. The van der Waals surface area contributed by atoms with Crippen LogP contribution in [-0.4, -0.2) is 18.5 Å². The fraction of sp³-hybridized carbons (Fsp3) is 1.00. The molecular formula is C36H75P. The molecule has 0 aromatic rings. The van der Waals surface area contributed by atoms with Crippen LogP contribution in [0.25, 0.3) is 0 Å². The average Bonchev–Trinajstić information content (AvgIpc) is 2.91. The summed E-state index contributed by atoms with van der Waals surface area (Å²) < 4.78 is 0. The van der Waals surface area contributed by atoms with E-state index >= 15 is 0 Å². The summed E-state index contributed by atoms with van der Waals surface area (Å²) in [6.07, 6.45) is 49.2. The summed E-state index contributed by atoms with van der Waals surface area (Å²) in [7, 11) is 0.352. The molecule has 0 aliphatic rings. The van der Waals surface area contributed by atoms with Crippen molar-refractivity contribution in [3.05, 3.63) is 0 Å². The third-order valence-electron chi connectivity index (χ3n) is 8.48. The lowest BCUT2D eigenvalue weighted by Crippen LogP contribution is -1.97. The molecule has 0 nitrogen and oxygen atoms in total. The molecule has 224 valence electrons. The van der Waals surface area contributed by atoms with Crippen LogP contribution >= 0.6 is 7.92 Å². The minimum atomic E-state index is 0.352. The second-order valence-electron chi connectivity index (χ2n) is 12.4. The maximum absolute atomic E-state index is 2.38. The van der Waals surface area contributed by atoms with Gasteiger partial charge < -0.3 is 0 Å². The minimum absolute atomic E-state index is 0.352. The monoisotopic (exact) mass is 539 g/mol. The van der Waals surface area contributed by atoms with E-state index in [0.717, 1.165) is 0 Å². The van der Waals surface area contributed by atoms with Crippen LogP contribution in [0.1, 0.15) is 213 Å². The third kappa shape index (κ3) is 32.5. The van der Waals surface area contributed by atoms with Crippen molar-refractivity contribution in [1.82, 2.24) is 0 Å². The molecule has 0 bridgehead atoms. The quantitative estimate of drug-likeness (QED) is 0.0575. The molecule has 0 rings (SSSR count). The Labute approximate surface area is 239 Å². The van der Waals surface area contributed by atoms with Gasteiger partial charge in [0.25, 0.3) is 0 Å². The van der Waals surface area contributed by atoms with Crippen LogP contribution in [-0.2, 0) is 0 Å². The highest BCUT2D eigenvalue weighted by molar-refractivity contribution is 7.57. The van der Waals surface area contributed by atoms with Crippen LogP contribution in [0, 0.1) is 0 Å². The van der Waals surface area contributed by atoms with Gasteiger partial charge in [0.15, 0.2) is 0 Å². The predicted molar refractivity (Wildman–Crippen MR) is 177 cm³/mol. The Morgan fingerprint density at radius 1 is 0.216 bits per heavy atom. The van der Waals surface area contributed by atoms with Crippen molar-refractivity contribution in [2.45, 2.75) is 213 Å². The smallest absolute Gasteiger partial charge is 0.0326 e. The maximum atomic E-state index is 2.38. The highest BCUT2D eigenvalue weighted by Crippen LogP contribution is 2.39. The van der Waals surface area contributed by atoms with E-state index in [1.54, 1.807) is 18.5 Å². The van der Waals surface area contributed by atoms with Crippen molar-refractivity contribution in [2.24, 2.45) is 0 Å². The molecule has 0 aromatic carbocycles. The number of hydrogen-bond acceptors (Lipinski definition) is 0. The molecule has 1 heteroatoms. The van der Waals surface area contributed by atoms with E-state index < -0.39 is 0 Å². The van der Waals surface area contributed by atoms with E-state index in [2.05, 4.69) is 20.8 Å². The SMILES string of the molecule is CCCCCCCCCCCCCCCCP(CCCC)CCCCCCCCCCCCCCCC. The van der Waals surface area contributed by atoms with E-state index in [-0.39, 0.29) is 0 Å². The molecule has 0 unspecified atom stereocenters. The van der Waals surface area contributed by atoms with Crippen molar-refractivity contribution in [1.29, 1.82) is 0 Å². The molecule has 0 spiro atoms. The predicted octanol–water partition coefficient (Wildman–Crippen LogP) is 14.2. The highest BCUT2D eigenvalue weighted by atomic mass is 31.1. The van der Waals surface area contributed by atoms with Crippen molar-refractivity contribution < 1.29 is 0 Å². The second-order valence-corrected chi connectivity index (χ2v) is 15.1. The first-order chi connectivity index (χ1) is 18.3. The summed E-state index contributed by atoms with van der Waals surface area (Å²) in [6.45, 7) is 7.01. The Hall–Kier alpha value is 0.430. The van der Waals surface area contributed by atoms with Gasteiger partial charge in [-0.2, -0.15) is 0 Å². The van der Waals surface area contributed by atoms with E-state index in [4.69, 9.17) is 0 Å². The second kappa shape index (κ2) is 34.5. The van der Waals surface area contributed by atoms with E-state index in [1.165, 1.54) is 193 Å². The van der Waals surface area contributed by atoms with Gasteiger partial charge in [-0.05, 0) is 37.7 Å². The fourth-order valence-electron chi connectivity index (χ4n) is 5.78. The molecule has 0 atom stereocenters. The van der Waals surface area contributed by atoms with Crippen molar-refractivity contribution in [2.75, 3.05) is 18.5 Å². The summed E-state index contributed by atoms with van der Waals surface area (Å²) in [5.74, 6) is 0. The van der Waals surface area contributed by atoms with Gasteiger partial charge in [0.2, 0.25) is 0 Å². The van der Waals surface area contributed by atoms with Crippen molar-refractivity contribution >= 4 is 7.92 Å². The Balaban J connectivity index is 3.46. The molecule has 0 amide bonds. The zero-order chi connectivity index (χ0) is 26.9.